The zero-order valence-corrected chi connectivity index (χ0v) is 14.8. The van der Waals surface area contributed by atoms with Crippen molar-refractivity contribution in [3.8, 4) is 0 Å². The van der Waals surface area contributed by atoms with Gasteiger partial charge in [0.05, 0.1) is 0 Å². The van der Waals surface area contributed by atoms with Gasteiger partial charge in [0, 0.05) is 33.2 Å². The molecule has 2 rings (SSSR count). The fraction of sp³-hybridized carbons (Fsp3) is 0.765. The van der Waals surface area contributed by atoms with Crippen molar-refractivity contribution in [1.29, 1.82) is 0 Å². The standard InChI is InChI=1S/C9H14N2O2.C6H13NO.C2H6.H2/c10-6-2-1-3-7-11-8(12)4-5-9(11)13;1-6-2-4-7(8)5-3-6;1-2;/h4-5H,1-3,6-7,10H2;6,8H,2-5H2,1H3;1-2H3;1H. The molecule has 1 fully saturated rings. The van der Waals surface area contributed by atoms with Crippen LogP contribution in [-0.2, 0) is 9.59 Å². The predicted octanol–water partition coefficient (Wildman–Crippen LogP) is 2.42. The van der Waals surface area contributed by atoms with Crippen molar-refractivity contribution in [2.45, 2.75) is 52.9 Å². The number of hydrogen-bond donors (Lipinski definition) is 2. The Balaban J connectivity index is 0. The summed E-state index contributed by atoms with van der Waals surface area (Å²) in [5, 5.41) is 10.3. The summed E-state index contributed by atoms with van der Waals surface area (Å²) in [5.74, 6) is 0.425. The molecule has 0 unspecified atom stereocenters. The SMILES string of the molecule is CC.CC1CCN(O)CC1.NCCCCCN1C(=O)C=CC1=O.[HH]. The monoisotopic (exact) mass is 329 g/mol. The van der Waals surface area contributed by atoms with E-state index in [1.807, 2.05) is 13.8 Å². The molecule has 2 heterocycles. The fourth-order valence-corrected chi connectivity index (χ4v) is 2.24. The highest BCUT2D eigenvalue weighted by Crippen LogP contribution is 2.13. The van der Waals surface area contributed by atoms with E-state index in [0.717, 1.165) is 51.1 Å². The van der Waals surface area contributed by atoms with Crippen LogP contribution in [0.1, 0.15) is 54.3 Å². The molecule has 6 nitrogen and oxygen atoms in total. The molecule has 0 aromatic heterocycles. The third kappa shape index (κ3) is 9.48. The van der Waals surface area contributed by atoms with E-state index in [-0.39, 0.29) is 13.2 Å². The van der Waals surface area contributed by atoms with Gasteiger partial charge in [-0.15, -0.1) is 0 Å². The van der Waals surface area contributed by atoms with Crippen molar-refractivity contribution in [2.24, 2.45) is 11.7 Å². The molecule has 6 heteroatoms. The Morgan fingerprint density at radius 1 is 1.13 bits per heavy atom. The number of carbonyl (C=O) groups excluding carboxylic acids is 2. The Hall–Kier alpha value is -1.24. The summed E-state index contributed by atoms with van der Waals surface area (Å²) >= 11 is 0. The van der Waals surface area contributed by atoms with Crippen LogP contribution in [0.3, 0.4) is 0 Å². The predicted molar refractivity (Wildman–Crippen MR) is 94.0 cm³/mol. The second-order valence-electron chi connectivity index (χ2n) is 5.65. The molecule has 2 aliphatic rings. The number of hydroxylamine groups is 2. The normalized spacial score (nSPS) is 18.4. The fourth-order valence-electron chi connectivity index (χ4n) is 2.24. The van der Waals surface area contributed by atoms with Gasteiger partial charge in [-0.1, -0.05) is 27.2 Å². The molecule has 0 atom stereocenters. The second kappa shape index (κ2) is 13.2. The lowest BCUT2D eigenvalue weighted by Crippen LogP contribution is -2.30. The number of rotatable bonds is 5. The smallest absolute Gasteiger partial charge is 0.253 e. The molecule has 0 aromatic rings. The molecular formula is C17H35N3O3. The number of unbranched alkanes of at least 4 members (excludes halogenated alkanes) is 2. The molecule has 0 saturated carbocycles. The Morgan fingerprint density at radius 3 is 2.09 bits per heavy atom. The molecule has 0 radical (unpaired) electrons. The lowest BCUT2D eigenvalue weighted by Gasteiger charge is -2.24. The first-order valence-corrected chi connectivity index (χ1v) is 8.72. The largest absolute Gasteiger partial charge is 0.330 e. The van der Waals surface area contributed by atoms with E-state index in [4.69, 9.17) is 10.9 Å². The molecule has 0 spiro atoms. The molecule has 3 N–H and O–H groups in total. The third-order valence-corrected chi connectivity index (χ3v) is 3.75. The van der Waals surface area contributed by atoms with Crippen molar-refractivity contribution < 1.29 is 16.2 Å². The van der Waals surface area contributed by atoms with Gasteiger partial charge in [0.15, 0.2) is 0 Å². The Labute approximate surface area is 141 Å². The number of imide groups is 1. The number of hydrogen-bond acceptors (Lipinski definition) is 5. The van der Waals surface area contributed by atoms with Crippen LogP contribution in [0.2, 0.25) is 0 Å². The van der Waals surface area contributed by atoms with E-state index in [0.29, 0.717) is 13.1 Å². The first-order valence-electron chi connectivity index (χ1n) is 8.72. The number of carbonyl (C=O) groups is 2. The van der Waals surface area contributed by atoms with Crippen molar-refractivity contribution in [3.05, 3.63) is 12.2 Å². The zero-order valence-electron chi connectivity index (χ0n) is 14.8. The van der Waals surface area contributed by atoms with Crippen LogP contribution in [0.15, 0.2) is 12.2 Å². The number of amides is 2. The average Bonchev–Trinajstić information content (AvgIpc) is 2.88. The van der Waals surface area contributed by atoms with E-state index < -0.39 is 0 Å². The molecule has 2 amide bonds. The number of piperidine rings is 1. The first kappa shape index (κ1) is 21.8. The number of nitrogens with zero attached hydrogens (tertiary/aromatic N) is 2. The van der Waals surface area contributed by atoms with Crippen LogP contribution >= 0.6 is 0 Å². The quantitative estimate of drug-likeness (QED) is 0.597. The molecule has 2 aliphatic heterocycles. The average molecular weight is 329 g/mol. The maximum absolute atomic E-state index is 11.0. The van der Waals surface area contributed by atoms with E-state index in [1.165, 1.54) is 22.1 Å². The topological polar surface area (TPSA) is 86.9 Å². The summed E-state index contributed by atoms with van der Waals surface area (Å²) in [6.07, 6.45) is 7.68. The summed E-state index contributed by atoms with van der Waals surface area (Å²) in [7, 11) is 0. The van der Waals surface area contributed by atoms with Crippen molar-refractivity contribution >= 4 is 11.8 Å². The lowest BCUT2D eigenvalue weighted by molar-refractivity contribution is -0.136. The van der Waals surface area contributed by atoms with Gasteiger partial charge in [0.25, 0.3) is 11.8 Å². The molecule has 23 heavy (non-hydrogen) atoms. The lowest BCUT2D eigenvalue weighted by atomic mass is 10.0. The Bertz CT molecular complexity index is 342. The van der Waals surface area contributed by atoms with Gasteiger partial charge in [-0.05, 0) is 38.1 Å². The van der Waals surface area contributed by atoms with Gasteiger partial charge < -0.3 is 10.9 Å². The number of nitrogens with two attached hydrogens (primary N) is 1. The van der Waals surface area contributed by atoms with Crippen molar-refractivity contribution in [1.82, 2.24) is 9.96 Å². The molecule has 1 saturated heterocycles. The molecule has 0 aromatic carbocycles. The van der Waals surface area contributed by atoms with Gasteiger partial charge >= 0.3 is 0 Å². The third-order valence-electron chi connectivity index (χ3n) is 3.75. The summed E-state index contributed by atoms with van der Waals surface area (Å²) in [6, 6.07) is 0. The second-order valence-corrected chi connectivity index (χ2v) is 5.65. The van der Waals surface area contributed by atoms with Crippen LogP contribution in [-0.4, -0.2) is 53.2 Å². The summed E-state index contributed by atoms with van der Waals surface area (Å²) in [5.41, 5.74) is 5.32. The highest BCUT2D eigenvalue weighted by molar-refractivity contribution is 6.12. The van der Waals surface area contributed by atoms with Gasteiger partial charge in [-0.2, -0.15) is 5.06 Å². The highest BCUT2D eigenvalue weighted by Gasteiger charge is 2.21. The summed E-state index contributed by atoms with van der Waals surface area (Å²) in [4.78, 5) is 23.3. The molecule has 0 aliphatic carbocycles. The molecule has 0 bridgehead atoms. The molecule has 136 valence electrons. The summed E-state index contributed by atoms with van der Waals surface area (Å²) < 4.78 is 0. The minimum atomic E-state index is -0.197. The van der Waals surface area contributed by atoms with E-state index in [9.17, 15) is 9.59 Å². The van der Waals surface area contributed by atoms with Crippen LogP contribution < -0.4 is 5.73 Å². The van der Waals surface area contributed by atoms with E-state index >= 15 is 0 Å². The molecular weight excluding hydrogens is 294 g/mol. The zero-order chi connectivity index (χ0) is 17.7. The van der Waals surface area contributed by atoms with Crippen LogP contribution in [0, 0.1) is 5.92 Å². The van der Waals surface area contributed by atoms with Gasteiger partial charge in [-0.3, -0.25) is 14.5 Å². The van der Waals surface area contributed by atoms with Crippen LogP contribution in [0.25, 0.3) is 0 Å². The van der Waals surface area contributed by atoms with Crippen molar-refractivity contribution in [2.75, 3.05) is 26.2 Å². The maximum Gasteiger partial charge on any atom is 0.253 e. The van der Waals surface area contributed by atoms with Gasteiger partial charge in [0.2, 0.25) is 0 Å². The minimum Gasteiger partial charge on any atom is -0.330 e. The van der Waals surface area contributed by atoms with Gasteiger partial charge in [-0.25, -0.2) is 0 Å². The Kier molecular flexibility index (Phi) is 12.5. The summed E-state index contributed by atoms with van der Waals surface area (Å²) in [6.45, 7) is 9.14. The maximum atomic E-state index is 11.0. The van der Waals surface area contributed by atoms with E-state index in [2.05, 4.69) is 6.92 Å². The van der Waals surface area contributed by atoms with Crippen molar-refractivity contribution in [3.63, 3.8) is 0 Å². The van der Waals surface area contributed by atoms with Gasteiger partial charge in [0.1, 0.15) is 0 Å². The Morgan fingerprint density at radius 2 is 1.65 bits per heavy atom. The minimum absolute atomic E-state index is 0. The van der Waals surface area contributed by atoms with Crippen LogP contribution in [0.4, 0.5) is 0 Å². The van der Waals surface area contributed by atoms with Crippen LogP contribution in [0.5, 0.6) is 0 Å². The van der Waals surface area contributed by atoms with E-state index in [1.54, 1.807) is 0 Å². The highest BCUT2D eigenvalue weighted by atomic mass is 16.5. The first-order chi connectivity index (χ1) is 11.0.